The summed E-state index contributed by atoms with van der Waals surface area (Å²) < 4.78 is 6.04. The Morgan fingerprint density at radius 1 is 0.950 bits per heavy atom. The van der Waals surface area contributed by atoms with E-state index >= 15 is 0 Å². The third-order valence-electron chi connectivity index (χ3n) is 2.47. The van der Waals surface area contributed by atoms with Crippen LogP contribution in [-0.2, 0) is 0 Å². The van der Waals surface area contributed by atoms with Gasteiger partial charge in [-0.3, -0.25) is 0 Å². The van der Waals surface area contributed by atoms with Gasteiger partial charge in [0.15, 0.2) is 0 Å². The first-order valence-electron chi connectivity index (χ1n) is 5.88. The topological polar surface area (TPSA) is 20.2 Å². The van der Waals surface area contributed by atoms with Gasteiger partial charge in [-0.2, -0.15) is 0 Å². The Labute approximate surface area is 148 Å². The molecule has 0 unspecified atom stereocenters. The average molecular weight is 470 g/mol. The Balaban J connectivity index is 1.77. The van der Waals surface area contributed by atoms with Gasteiger partial charge in [-0.1, -0.05) is 0 Å². The van der Waals surface area contributed by atoms with Crippen LogP contribution in [0.5, 0.6) is 0 Å². The molecule has 1 aromatic rings. The van der Waals surface area contributed by atoms with Gasteiger partial charge in [0.05, 0.1) is 0 Å². The van der Waals surface area contributed by atoms with Crippen molar-refractivity contribution in [3.63, 3.8) is 0 Å². The molecule has 0 amide bonds. The summed E-state index contributed by atoms with van der Waals surface area (Å²) in [5.41, 5.74) is 0. The van der Waals surface area contributed by atoms with Crippen molar-refractivity contribution in [3.05, 3.63) is 40.3 Å². The number of rotatable bonds is 4. The predicted molar refractivity (Wildman–Crippen MR) is 96.7 cm³/mol. The molecule has 0 aliphatic carbocycles. The van der Waals surface area contributed by atoms with Crippen molar-refractivity contribution in [1.82, 2.24) is 0 Å². The summed E-state index contributed by atoms with van der Waals surface area (Å²) in [6.45, 7) is 0.319. The van der Waals surface area contributed by atoms with E-state index in [0.717, 1.165) is 5.32 Å². The van der Waals surface area contributed by atoms with Crippen LogP contribution in [0.2, 0.25) is 11.1 Å². The molecule has 0 radical (unpaired) electrons. The van der Waals surface area contributed by atoms with Crippen LogP contribution in [0.3, 0.4) is 0 Å². The molecule has 0 bridgehead atoms. The van der Waals surface area contributed by atoms with E-state index in [1.165, 1.54) is 18.3 Å². The number of aliphatic hydroxyl groups is 1. The molecule has 0 saturated heterocycles. The van der Waals surface area contributed by atoms with Gasteiger partial charge in [-0.25, -0.2) is 0 Å². The summed E-state index contributed by atoms with van der Waals surface area (Å²) in [5, 5.41) is 9.99. The Morgan fingerprint density at radius 3 is 2.15 bits per heavy atom. The zero-order chi connectivity index (χ0) is 13.9. The summed E-state index contributed by atoms with van der Waals surface area (Å²) in [4.78, 5) is 2.78. The molecule has 0 fully saturated rings. The number of fused-ring (bicyclic) bond motifs is 1. The molecule has 0 spiro atoms. The fourth-order valence-electron chi connectivity index (χ4n) is 1.63. The molecule has 1 N–H and O–H groups in total. The van der Waals surface area contributed by atoms with Crippen LogP contribution in [0.15, 0.2) is 50.1 Å². The van der Waals surface area contributed by atoms with Crippen molar-refractivity contribution < 1.29 is 5.11 Å². The van der Waals surface area contributed by atoms with Crippen molar-refractivity contribution in [3.8, 4) is 0 Å². The van der Waals surface area contributed by atoms with Crippen LogP contribution < -0.4 is 0 Å². The molecular formula is C13H12OS4Se2. The maximum atomic E-state index is 9.04. The van der Waals surface area contributed by atoms with Crippen LogP contribution in [-0.4, -0.2) is 41.6 Å². The molecule has 3 rings (SSSR count). The summed E-state index contributed by atoms with van der Waals surface area (Å²) in [7, 11) is 0. The second-order valence-electron chi connectivity index (χ2n) is 3.78. The number of hydrogen-bond donors (Lipinski definition) is 1. The van der Waals surface area contributed by atoms with E-state index in [4.69, 9.17) is 5.11 Å². The van der Waals surface area contributed by atoms with Gasteiger partial charge in [-0.05, 0) is 0 Å². The number of aliphatic hydroxyl groups excluding tert-OH is 1. The third kappa shape index (κ3) is 3.53. The zero-order valence-electron chi connectivity index (χ0n) is 10.6. The molecular weight excluding hydrogens is 458 g/mol. The van der Waals surface area contributed by atoms with Crippen molar-refractivity contribution in [2.45, 2.75) is 20.9 Å². The molecule has 1 nitrogen and oxygen atoms in total. The fourth-order valence-corrected chi connectivity index (χ4v) is 13.6. The van der Waals surface area contributed by atoms with E-state index in [0.29, 0.717) is 36.5 Å². The molecule has 2 aliphatic heterocycles. The van der Waals surface area contributed by atoms with Crippen LogP contribution in [0.1, 0.15) is 0 Å². The Bertz CT molecular complexity index is 558. The first-order chi connectivity index (χ1) is 9.81. The molecule has 2 heterocycles. The van der Waals surface area contributed by atoms with Gasteiger partial charge < -0.3 is 0 Å². The van der Waals surface area contributed by atoms with Crippen molar-refractivity contribution in [2.24, 2.45) is 0 Å². The number of hydrogen-bond acceptors (Lipinski definition) is 5. The predicted octanol–water partition coefficient (Wildman–Crippen LogP) is 4.48. The van der Waals surface area contributed by atoms with Gasteiger partial charge in [0.2, 0.25) is 0 Å². The van der Waals surface area contributed by atoms with Gasteiger partial charge in [-0.15, -0.1) is 0 Å². The Hall–Kier alpha value is 1.10. The monoisotopic (exact) mass is 472 g/mol. The normalized spacial score (nSPS) is 18.1. The van der Waals surface area contributed by atoms with Gasteiger partial charge >= 0.3 is 150 Å². The van der Waals surface area contributed by atoms with Crippen LogP contribution >= 0.6 is 47.0 Å². The fraction of sp³-hybridized carbons (Fsp3) is 0.231. The molecule has 20 heavy (non-hydrogen) atoms. The van der Waals surface area contributed by atoms with Gasteiger partial charge in [0.25, 0.3) is 0 Å². The molecule has 0 saturated carbocycles. The molecule has 0 aromatic heterocycles. The van der Waals surface area contributed by atoms with Crippen molar-refractivity contribution in [2.75, 3.05) is 6.61 Å². The molecule has 1 aromatic carbocycles. The van der Waals surface area contributed by atoms with Crippen molar-refractivity contribution in [1.29, 1.82) is 0 Å². The first-order valence-corrected chi connectivity index (χ1v) is 13.8. The second-order valence-corrected chi connectivity index (χ2v) is 13.6. The summed E-state index contributed by atoms with van der Waals surface area (Å²) >= 11 is 8.77. The quantitative estimate of drug-likeness (QED) is 0.653. The van der Waals surface area contributed by atoms with Gasteiger partial charge in [0, 0.05) is 0 Å². The minimum atomic E-state index is 0.319. The van der Waals surface area contributed by atoms with Crippen LogP contribution in [0, 0.1) is 0 Å². The minimum absolute atomic E-state index is 0.319. The maximum absolute atomic E-state index is 9.04. The van der Waals surface area contributed by atoms with E-state index in [2.05, 4.69) is 30.1 Å². The molecule has 2 aliphatic rings. The summed E-state index contributed by atoms with van der Waals surface area (Å²) in [5.74, 6) is 2.29. The van der Waals surface area contributed by atoms with Crippen LogP contribution in [0.4, 0.5) is 0 Å². The first kappa shape index (κ1) is 16.0. The Morgan fingerprint density at radius 2 is 1.55 bits per heavy atom. The number of thioether (sulfide) groups is 4. The molecule has 7 heteroatoms. The van der Waals surface area contributed by atoms with E-state index in [9.17, 15) is 0 Å². The standard InChI is InChI=1S/C13H12OS4Se2/c1-19-12-13(20-7-6-14)18-11(17-12)10-15-8-4-2-3-5-9(8)16-10/h2-5,14H,6-7H2,1H3. The zero-order valence-corrected chi connectivity index (χ0v) is 17.3. The SMILES string of the molecule is C[Se]C1=C([Se]CCO)SC(=C2Sc3ccccc3S2)S1. The van der Waals surface area contributed by atoms with Gasteiger partial charge in [0.1, 0.15) is 0 Å². The average Bonchev–Trinajstić information content (AvgIpc) is 3.08. The molecule has 106 valence electrons. The van der Waals surface area contributed by atoms with E-state index in [-0.39, 0.29) is 0 Å². The van der Waals surface area contributed by atoms with E-state index in [1.54, 1.807) is 7.61 Å². The molecule has 0 atom stereocenters. The van der Waals surface area contributed by atoms with E-state index < -0.39 is 0 Å². The van der Waals surface area contributed by atoms with Crippen molar-refractivity contribution >= 4 is 77.0 Å². The van der Waals surface area contributed by atoms with E-state index in [1.807, 2.05) is 47.0 Å². The Kier molecular flexibility index (Phi) is 6.05. The van der Waals surface area contributed by atoms with Crippen LogP contribution in [0.25, 0.3) is 0 Å². The summed E-state index contributed by atoms with van der Waals surface area (Å²) in [6.07, 6.45) is 0. The second kappa shape index (κ2) is 7.58. The number of benzene rings is 1. The summed E-state index contributed by atoms with van der Waals surface area (Å²) in [6, 6.07) is 8.65. The third-order valence-corrected chi connectivity index (χ3v) is 14.5.